The number of carbonyl (C=O) groups excluding carboxylic acids is 1. The molecular weight excluding hydrogens is 196 g/mol. The summed E-state index contributed by atoms with van der Waals surface area (Å²) in [6.45, 7) is 3.06. The van der Waals surface area contributed by atoms with E-state index in [4.69, 9.17) is 0 Å². The number of carbonyl (C=O) groups is 1. The lowest BCUT2D eigenvalue weighted by Crippen LogP contribution is -1.96. The molecule has 2 aromatic rings. The standard InChI is InChI=1S/C12H8.C3H6O/c1-2-6-10-9(5-1)11-7-3-4-8-12(10)11;1-3(2)4/h1-8H;1-2H3. The fraction of sp³-hybridized carbons (Fsp3) is 0.133. The van der Waals surface area contributed by atoms with Crippen LogP contribution in [0.15, 0.2) is 48.5 Å². The second kappa shape index (κ2) is 4.31. The first-order valence-corrected chi connectivity index (χ1v) is 5.36. The Morgan fingerprint density at radius 2 is 0.875 bits per heavy atom. The first kappa shape index (κ1) is 10.6. The van der Waals surface area contributed by atoms with E-state index in [-0.39, 0.29) is 5.78 Å². The summed E-state index contributed by atoms with van der Waals surface area (Å²) >= 11 is 0. The minimum absolute atomic E-state index is 0.167. The van der Waals surface area contributed by atoms with Gasteiger partial charge < -0.3 is 4.79 Å². The zero-order chi connectivity index (χ0) is 11.5. The van der Waals surface area contributed by atoms with Crippen LogP contribution in [0.1, 0.15) is 13.8 Å². The summed E-state index contributed by atoms with van der Waals surface area (Å²) in [5.74, 6) is 0.167. The largest absolute Gasteiger partial charge is 0.300 e. The highest BCUT2D eigenvalue weighted by Gasteiger charge is 2.19. The summed E-state index contributed by atoms with van der Waals surface area (Å²) in [5.41, 5.74) is 5.59. The molecular formula is C15H14O. The molecule has 0 N–H and O–H groups in total. The smallest absolute Gasteiger partial charge is 0.126 e. The van der Waals surface area contributed by atoms with Crippen LogP contribution in [0.3, 0.4) is 0 Å². The van der Waals surface area contributed by atoms with Crippen LogP contribution in [0, 0.1) is 0 Å². The van der Waals surface area contributed by atoms with Crippen molar-refractivity contribution in [1.29, 1.82) is 0 Å². The van der Waals surface area contributed by atoms with E-state index < -0.39 is 0 Å². The molecule has 0 atom stereocenters. The van der Waals surface area contributed by atoms with Gasteiger partial charge in [0.2, 0.25) is 0 Å². The highest BCUT2D eigenvalue weighted by molar-refractivity contribution is 6.02. The molecule has 1 heteroatoms. The zero-order valence-electron chi connectivity index (χ0n) is 9.53. The summed E-state index contributed by atoms with van der Waals surface area (Å²) in [7, 11) is 0. The second-order valence-corrected chi connectivity index (χ2v) is 4.00. The van der Waals surface area contributed by atoms with E-state index in [2.05, 4.69) is 48.5 Å². The van der Waals surface area contributed by atoms with E-state index in [1.807, 2.05) is 0 Å². The third kappa shape index (κ3) is 1.89. The number of hydrogen-bond acceptors (Lipinski definition) is 1. The average Bonchev–Trinajstić information content (AvgIpc) is 2.25. The predicted octanol–water partition coefficient (Wildman–Crippen LogP) is 3.93. The first-order valence-electron chi connectivity index (χ1n) is 5.36. The maximum absolute atomic E-state index is 9.44. The summed E-state index contributed by atoms with van der Waals surface area (Å²) < 4.78 is 0. The number of benzene rings is 2. The average molecular weight is 210 g/mol. The van der Waals surface area contributed by atoms with Gasteiger partial charge in [0.1, 0.15) is 5.78 Å². The van der Waals surface area contributed by atoms with E-state index in [1.54, 1.807) is 0 Å². The molecule has 0 heterocycles. The molecule has 3 rings (SSSR count). The molecule has 1 aliphatic rings. The third-order valence-electron chi connectivity index (χ3n) is 2.43. The van der Waals surface area contributed by atoms with E-state index in [0.29, 0.717) is 0 Å². The summed E-state index contributed by atoms with van der Waals surface area (Å²) in [6, 6.07) is 17.1. The Labute approximate surface area is 95.7 Å². The molecule has 0 fully saturated rings. The van der Waals surface area contributed by atoms with Crippen LogP contribution in [0.4, 0.5) is 0 Å². The van der Waals surface area contributed by atoms with Crippen molar-refractivity contribution in [3.63, 3.8) is 0 Å². The lowest BCUT2D eigenvalue weighted by Gasteiger charge is -2.22. The van der Waals surface area contributed by atoms with Crippen molar-refractivity contribution in [3.8, 4) is 22.3 Å². The van der Waals surface area contributed by atoms with Gasteiger partial charge >= 0.3 is 0 Å². The maximum Gasteiger partial charge on any atom is 0.126 e. The van der Waals surface area contributed by atoms with Gasteiger partial charge in [-0.1, -0.05) is 48.5 Å². The number of ketones is 1. The van der Waals surface area contributed by atoms with Crippen LogP contribution in [0.2, 0.25) is 0 Å². The van der Waals surface area contributed by atoms with Crippen LogP contribution in [-0.4, -0.2) is 5.78 Å². The molecule has 0 amide bonds. The molecule has 0 spiro atoms. The van der Waals surface area contributed by atoms with Gasteiger partial charge in [-0.15, -0.1) is 0 Å². The Hall–Kier alpha value is -1.89. The first-order chi connectivity index (χ1) is 7.70. The third-order valence-corrected chi connectivity index (χ3v) is 2.43. The highest BCUT2D eigenvalue weighted by Crippen LogP contribution is 2.46. The zero-order valence-corrected chi connectivity index (χ0v) is 9.53. The molecule has 0 aliphatic heterocycles. The molecule has 0 radical (unpaired) electrons. The summed E-state index contributed by atoms with van der Waals surface area (Å²) in [5, 5.41) is 0. The molecule has 0 unspecified atom stereocenters. The van der Waals surface area contributed by atoms with Crippen molar-refractivity contribution in [1.82, 2.24) is 0 Å². The molecule has 1 nitrogen and oxygen atoms in total. The minimum Gasteiger partial charge on any atom is -0.300 e. The Morgan fingerprint density at radius 3 is 1.06 bits per heavy atom. The van der Waals surface area contributed by atoms with Crippen molar-refractivity contribution in [2.45, 2.75) is 13.8 Å². The van der Waals surface area contributed by atoms with Gasteiger partial charge in [0.05, 0.1) is 0 Å². The van der Waals surface area contributed by atoms with Crippen LogP contribution < -0.4 is 0 Å². The predicted molar refractivity (Wildman–Crippen MR) is 67.2 cm³/mol. The van der Waals surface area contributed by atoms with Gasteiger partial charge in [-0.25, -0.2) is 0 Å². The molecule has 16 heavy (non-hydrogen) atoms. The van der Waals surface area contributed by atoms with E-state index in [1.165, 1.54) is 36.1 Å². The molecule has 0 saturated carbocycles. The Morgan fingerprint density at radius 1 is 0.688 bits per heavy atom. The number of fused-ring (bicyclic) bond motifs is 4. The van der Waals surface area contributed by atoms with Crippen molar-refractivity contribution < 1.29 is 4.79 Å². The van der Waals surface area contributed by atoms with E-state index >= 15 is 0 Å². The Bertz CT molecular complexity index is 422. The SMILES string of the molecule is CC(C)=O.c1ccc2c(c1)-c1ccccc1-2. The fourth-order valence-electron chi connectivity index (χ4n) is 1.84. The summed E-state index contributed by atoms with van der Waals surface area (Å²) in [4.78, 5) is 9.44. The highest BCUT2D eigenvalue weighted by atomic mass is 16.1. The Kier molecular flexibility index (Phi) is 2.86. The molecule has 0 aromatic heterocycles. The van der Waals surface area contributed by atoms with Gasteiger partial charge in [-0.3, -0.25) is 0 Å². The monoisotopic (exact) mass is 210 g/mol. The Balaban J connectivity index is 0.000000212. The van der Waals surface area contributed by atoms with E-state index in [9.17, 15) is 4.79 Å². The summed E-state index contributed by atoms with van der Waals surface area (Å²) in [6.07, 6.45) is 0. The van der Waals surface area contributed by atoms with Crippen molar-refractivity contribution >= 4 is 5.78 Å². The molecule has 1 aliphatic carbocycles. The van der Waals surface area contributed by atoms with Gasteiger partial charge in [0.15, 0.2) is 0 Å². The van der Waals surface area contributed by atoms with Crippen LogP contribution in [0.25, 0.3) is 22.3 Å². The molecule has 2 aromatic carbocycles. The van der Waals surface area contributed by atoms with Crippen molar-refractivity contribution in [3.05, 3.63) is 48.5 Å². The normalized spacial score (nSPS) is 10.1. The van der Waals surface area contributed by atoms with Crippen LogP contribution >= 0.6 is 0 Å². The lowest BCUT2D eigenvalue weighted by molar-refractivity contribution is -0.114. The van der Waals surface area contributed by atoms with Gasteiger partial charge in [-0.2, -0.15) is 0 Å². The van der Waals surface area contributed by atoms with Gasteiger partial charge in [0.25, 0.3) is 0 Å². The number of rotatable bonds is 0. The van der Waals surface area contributed by atoms with Crippen LogP contribution in [0.5, 0.6) is 0 Å². The molecule has 0 saturated heterocycles. The van der Waals surface area contributed by atoms with Gasteiger partial charge in [0, 0.05) is 0 Å². The number of Topliss-reactive ketones (excluding diaryl/α,β-unsaturated/α-hetero) is 1. The van der Waals surface area contributed by atoms with Crippen LogP contribution in [-0.2, 0) is 4.79 Å². The number of hydrogen-bond donors (Lipinski definition) is 0. The van der Waals surface area contributed by atoms with Crippen molar-refractivity contribution in [2.75, 3.05) is 0 Å². The second-order valence-electron chi connectivity index (χ2n) is 4.00. The quantitative estimate of drug-likeness (QED) is 0.549. The minimum atomic E-state index is 0.167. The van der Waals surface area contributed by atoms with Crippen molar-refractivity contribution in [2.24, 2.45) is 0 Å². The molecule has 80 valence electrons. The van der Waals surface area contributed by atoms with E-state index in [0.717, 1.165) is 0 Å². The fourth-order valence-corrected chi connectivity index (χ4v) is 1.84. The molecule has 0 bridgehead atoms. The lowest BCUT2D eigenvalue weighted by atomic mass is 9.81. The van der Waals surface area contributed by atoms with Gasteiger partial charge in [-0.05, 0) is 36.1 Å². The topological polar surface area (TPSA) is 17.1 Å². The maximum atomic E-state index is 9.44.